The van der Waals surface area contributed by atoms with E-state index in [0.717, 1.165) is 16.3 Å². The van der Waals surface area contributed by atoms with Gasteiger partial charge >= 0.3 is 0 Å². The van der Waals surface area contributed by atoms with Crippen molar-refractivity contribution >= 4 is 28.2 Å². The number of fused-ring (bicyclic) bond motifs is 5. The van der Waals surface area contributed by atoms with E-state index in [2.05, 4.69) is 5.32 Å². The van der Waals surface area contributed by atoms with Gasteiger partial charge in [0.2, 0.25) is 17.5 Å². The molecule has 1 aliphatic rings. The number of carbonyl (C=O) groups excluding carboxylic acids is 3. The van der Waals surface area contributed by atoms with Crippen molar-refractivity contribution in [2.24, 2.45) is 0 Å². The summed E-state index contributed by atoms with van der Waals surface area (Å²) in [7, 11) is 0. The predicted octanol–water partition coefficient (Wildman–Crippen LogP) is 3.73. The van der Waals surface area contributed by atoms with Crippen molar-refractivity contribution < 1.29 is 18.8 Å². The molecule has 1 aliphatic carbocycles. The molecule has 3 aromatic rings. The first-order valence-electron chi connectivity index (χ1n) is 8.38. The summed E-state index contributed by atoms with van der Waals surface area (Å²) in [4.78, 5) is 36.8. The average Bonchev–Trinajstić information content (AvgIpc) is 2.94. The lowest BCUT2D eigenvalue weighted by molar-refractivity contribution is -0.119. The maximum atomic E-state index is 12.9. The van der Waals surface area contributed by atoms with E-state index in [-0.39, 0.29) is 12.5 Å². The Hall–Kier alpha value is -3.21. The van der Waals surface area contributed by atoms with Crippen LogP contribution in [0.2, 0.25) is 0 Å². The smallest absolute Gasteiger partial charge is 0.237 e. The third-order valence-corrected chi connectivity index (χ3v) is 4.93. The number of hydrogen-bond acceptors (Lipinski definition) is 4. The van der Waals surface area contributed by atoms with Crippen LogP contribution in [-0.2, 0) is 11.3 Å². The van der Waals surface area contributed by atoms with Gasteiger partial charge < -0.3 is 9.73 Å². The third-order valence-electron chi connectivity index (χ3n) is 4.93. The molecule has 2 aromatic carbocycles. The second-order valence-electron chi connectivity index (χ2n) is 6.58. The molecule has 4 rings (SSSR count). The number of carbonyl (C=O) groups is 3. The number of furan rings is 1. The zero-order chi connectivity index (χ0) is 18.6. The fourth-order valence-corrected chi connectivity index (χ4v) is 3.57. The minimum Gasteiger partial charge on any atom is -0.458 e. The van der Waals surface area contributed by atoms with E-state index < -0.39 is 11.6 Å². The van der Waals surface area contributed by atoms with Crippen LogP contribution in [0.5, 0.6) is 0 Å². The van der Waals surface area contributed by atoms with Crippen molar-refractivity contribution in [2.75, 3.05) is 0 Å². The summed E-state index contributed by atoms with van der Waals surface area (Å²) in [6.45, 7) is 5.30. The lowest BCUT2D eigenvalue weighted by Crippen LogP contribution is -2.22. The van der Waals surface area contributed by atoms with Gasteiger partial charge in [-0.3, -0.25) is 14.4 Å². The molecule has 1 aromatic heterocycles. The Morgan fingerprint density at radius 1 is 1.00 bits per heavy atom. The SMILES string of the molecule is CC(=O)NCc1oc2c(c1C)C(=O)C(=O)c1c-2ccc2c(C)cccc12. The Labute approximate surface area is 150 Å². The number of hydrogen-bond donors (Lipinski definition) is 1. The predicted molar refractivity (Wildman–Crippen MR) is 97.3 cm³/mol. The molecule has 0 spiro atoms. The maximum Gasteiger partial charge on any atom is 0.237 e. The van der Waals surface area contributed by atoms with Gasteiger partial charge in [0, 0.05) is 23.6 Å². The molecule has 0 atom stereocenters. The van der Waals surface area contributed by atoms with Crippen molar-refractivity contribution in [3.05, 3.63) is 58.3 Å². The largest absolute Gasteiger partial charge is 0.458 e. The lowest BCUT2D eigenvalue weighted by atomic mass is 9.83. The first-order valence-corrected chi connectivity index (χ1v) is 8.38. The highest BCUT2D eigenvalue weighted by atomic mass is 16.3. The van der Waals surface area contributed by atoms with E-state index in [4.69, 9.17) is 4.42 Å². The molecule has 1 heterocycles. The van der Waals surface area contributed by atoms with E-state index >= 15 is 0 Å². The number of rotatable bonds is 2. The molecule has 0 radical (unpaired) electrons. The Kier molecular flexibility index (Phi) is 3.54. The first-order chi connectivity index (χ1) is 12.4. The van der Waals surface area contributed by atoms with Gasteiger partial charge in [-0.2, -0.15) is 0 Å². The molecule has 1 N–H and O–H groups in total. The van der Waals surface area contributed by atoms with E-state index in [1.807, 2.05) is 37.3 Å². The van der Waals surface area contributed by atoms with Crippen molar-refractivity contribution in [3.8, 4) is 11.3 Å². The van der Waals surface area contributed by atoms with E-state index in [1.165, 1.54) is 6.92 Å². The topological polar surface area (TPSA) is 76.4 Å². The molecule has 0 unspecified atom stereocenters. The average molecular weight is 347 g/mol. The molecular weight excluding hydrogens is 330 g/mol. The number of amides is 1. The van der Waals surface area contributed by atoms with Gasteiger partial charge in [0.05, 0.1) is 12.1 Å². The molecule has 0 fully saturated rings. The molecular formula is C21H17NO4. The molecule has 0 aliphatic heterocycles. The minimum atomic E-state index is -0.558. The summed E-state index contributed by atoms with van der Waals surface area (Å²) < 4.78 is 5.92. The minimum absolute atomic E-state index is 0.178. The summed E-state index contributed by atoms with van der Waals surface area (Å²) >= 11 is 0. The fraction of sp³-hybridized carbons (Fsp3) is 0.190. The van der Waals surface area contributed by atoms with Gasteiger partial charge in [-0.15, -0.1) is 0 Å². The Morgan fingerprint density at radius 2 is 1.73 bits per heavy atom. The Bertz CT molecular complexity index is 1120. The number of benzene rings is 2. The number of Topliss-reactive ketones (excluding diaryl/α,β-unsaturated/α-hetero) is 2. The molecule has 5 nitrogen and oxygen atoms in total. The number of aryl methyl sites for hydroxylation is 1. The molecule has 26 heavy (non-hydrogen) atoms. The van der Waals surface area contributed by atoms with Gasteiger partial charge in [0.1, 0.15) is 11.5 Å². The van der Waals surface area contributed by atoms with Crippen LogP contribution in [0.3, 0.4) is 0 Å². The summed E-state index contributed by atoms with van der Waals surface area (Å²) in [6.07, 6.45) is 0. The van der Waals surface area contributed by atoms with Crippen molar-refractivity contribution in [1.29, 1.82) is 0 Å². The molecule has 1 amide bonds. The lowest BCUT2D eigenvalue weighted by Gasteiger charge is -2.16. The Morgan fingerprint density at radius 3 is 2.46 bits per heavy atom. The second-order valence-corrected chi connectivity index (χ2v) is 6.58. The van der Waals surface area contributed by atoms with Crippen molar-refractivity contribution in [1.82, 2.24) is 5.32 Å². The monoisotopic (exact) mass is 347 g/mol. The fourth-order valence-electron chi connectivity index (χ4n) is 3.57. The Balaban J connectivity index is 1.99. The summed E-state index contributed by atoms with van der Waals surface area (Å²) in [6, 6.07) is 9.48. The molecule has 5 heteroatoms. The quantitative estimate of drug-likeness (QED) is 0.717. The standard InChI is InChI=1S/C21H17NO4/c1-10-5-4-6-14-13(10)7-8-15-18(14)20(25)19(24)17-11(2)16(26-21(15)17)9-22-12(3)23/h4-8H,9H2,1-3H3,(H,22,23). The summed E-state index contributed by atoms with van der Waals surface area (Å²) in [5, 5.41) is 4.37. The molecule has 0 saturated carbocycles. The van der Waals surface area contributed by atoms with Gasteiger partial charge in [-0.25, -0.2) is 0 Å². The maximum absolute atomic E-state index is 12.9. The van der Waals surface area contributed by atoms with Crippen LogP contribution in [0.15, 0.2) is 34.7 Å². The van der Waals surface area contributed by atoms with Crippen LogP contribution in [0, 0.1) is 13.8 Å². The van der Waals surface area contributed by atoms with Crippen LogP contribution >= 0.6 is 0 Å². The van der Waals surface area contributed by atoms with Gasteiger partial charge in [-0.1, -0.05) is 24.3 Å². The summed E-state index contributed by atoms with van der Waals surface area (Å²) in [5.74, 6) is -0.368. The third kappa shape index (κ3) is 2.20. The number of nitrogens with one attached hydrogen (secondary N) is 1. The second kappa shape index (κ2) is 5.66. The summed E-state index contributed by atoms with van der Waals surface area (Å²) in [5.41, 5.74) is 2.96. The highest BCUT2D eigenvalue weighted by Crippen LogP contribution is 2.41. The molecule has 0 saturated heterocycles. The van der Waals surface area contributed by atoms with E-state index in [0.29, 0.717) is 33.8 Å². The van der Waals surface area contributed by atoms with Crippen LogP contribution in [-0.4, -0.2) is 17.5 Å². The van der Waals surface area contributed by atoms with Gasteiger partial charge in [-0.05, 0) is 36.2 Å². The highest BCUT2D eigenvalue weighted by molar-refractivity contribution is 6.54. The van der Waals surface area contributed by atoms with Gasteiger partial charge in [0.15, 0.2) is 0 Å². The first kappa shape index (κ1) is 16.3. The zero-order valence-electron chi connectivity index (χ0n) is 14.7. The van der Waals surface area contributed by atoms with Gasteiger partial charge in [0.25, 0.3) is 0 Å². The van der Waals surface area contributed by atoms with Crippen LogP contribution < -0.4 is 5.32 Å². The number of ketones is 2. The van der Waals surface area contributed by atoms with E-state index in [1.54, 1.807) is 6.92 Å². The normalized spacial score (nSPS) is 12.9. The molecule has 130 valence electrons. The molecule has 0 bridgehead atoms. The van der Waals surface area contributed by atoms with Crippen molar-refractivity contribution in [3.63, 3.8) is 0 Å². The van der Waals surface area contributed by atoms with Crippen LogP contribution in [0.25, 0.3) is 22.1 Å². The van der Waals surface area contributed by atoms with E-state index in [9.17, 15) is 14.4 Å². The van der Waals surface area contributed by atoms with Crippen LogP contribution in [0.4, 0.5) is 0 Å². The highest BCUT2D eigenvalue weighted by Gasteiger charge is 2.37. The van der Waals surface area contributed by atoms with Crippen molar-refractivity contribution in [2.45, 2.75) is 27.3 Å². The zero-order valence-corrected chi connectivity index (χ0v) is 14.7. The van der Waals surface area contributed by atoms with Crippen LogP contribution in [0.1, 0.15) is 44.5 Å².